The zero-order valence-corrected chi connectivity index (χ0v) is 11.2. The largest absolute Gasteiger partial charge is 0.353 e. The number of nitrogens with one attached hydrogen (secondary N) is 1. The molecule has 1 rings (SSSR count). The Morgan fingerprint density at radius 2 is 1.83 bits per heavy atom. The molecule has 0 spiro atoms. The number of hydrogen-bond donors (Lipinski definition) is 1. The topological polar surface area (TPSA) is 29.1 Å². The molecular formula is C16H23NO. The summed E-state index contributed by atoms with van der Waals surface area (Å²) < 4.78 is 0. The first-order valence-electron chi connectivity index (χ1n) is 6.84. The lowest BCUT2D eigenvalue weighted by molar-refractivity contribution is -0.116. The highest BCUT2D eigenvalue weighted by Crippen LogP contribution is 2.02. The summed E-state index contributed by atoms with van der Waals surface area (Å²) in [5, 5.41) is 2.90. The van der Waals surface area contributed by atoms with Crippen LogP contribution in [0, 0.1) is 0 Å². The number of carbonyl (C=O) groups excluding carboxylic acids is 1. The van der Waals surface area contributed by atoms with Crippen molar-refractivity contribution in [3.8, 4) is 0 Å². The summed E-state index contributed by atoms with van der Waals surface area (Å²) in [7, 11) is 0. The van der Waals surface area contributed by atoms with Crippen LogP contribution in [-0.2, 0) is 4.79 Å². The molecule has 98 valence electrons. The maximum Gasteiger partial charge on any atom is 0.243 e. The second-order valence-corrected chi connectivity index (χ2v) is 4.45. The maximum absolute atomic E-state index is 11.5. The van der Waals surface area contributed by atoms with Gasteiger partial charge in [0.25, 0.3) is 0 Å². The van der Waals surface area contributed by atoms with Crippen LogP contribution < -0.4 is 5.32 Å². The fourth-order valence-electron chi connectivity index (χ4n) is 1.74. The highest BCUT2D eigenvalue weighted by atomic mass is 16.1. The molecule has 1 amide bonds. The predicted octanol–water partition coefficient (Wildman–Crippen LogP) is 3.79. The lowest BCUT2D eigenvalue weighted by Crippen LogP contribution is -2.21. The Balaban J connectivity index is 2.12. The summed E-state index contributed by atoms with van der Waals surface area (Å²) in [6.07, 6.45) is 9.54. The van der Waals surface area contributed by atoms with Crippen molar-refractivity contribution in [2.24, 2.45) is 0 Å². The van der Waals surface area contributed by atoms with E-state index >= 15 is 0 Å². The predicted molar refractivity (Wildman–Crippen MR) is 77.2 cm³/mol. The Kier molecular flexibility index (Phi) is 7.61. The molecule has 0 saturated carbocycles. The van der Waals surface area contributed by atoms with Crippen LogP contribution in [0.4, 0.5) is 0 Å². The van der Waals surface area contributed by atoms with Crippen molar-refractivity contribution in [1.82, 2.24) is 5.32 Å². The molecule has 0 aliphatic rings. The van der Waals surface area contributed by atoms with Crippen molar-refractivity contribution in [2.45, 2.75) is 39.0 Å². The zero-order valence-electron chi connectivity index (χ0n) is 11.2. The van der Waals surface area contributed by atoms with E-state index in [1.807, 2.05) is 36.4 Å². The summed E-state index contributed by atoms with van der Waals surface area (Å²) >= 11 is 0. The molecule has 0 fully saturated rings. The van der Waals surface area contributed by atoms with E-state index in [-0.39, 0.29) is 5.91 Å². The molecule has 0 saturated heterocycles. The van der Waals surface area contributed by atoms with Crippen LogP contribution in [0.1, 0.15) is 44.6 Å². The third-order valence-electron chi connectivity index (χ3n) is 2.81. The van der Waals surface area contributed by atoms with Crippen LogP contribution >= 0.6 is 0 Å². The van der Waals surface area contributed by atoms with Gasteiger partial charge in [0, 0.05) is 12.6 Å². The van der Waals surface area contributed by atoms with Crippen molar-refractivity contribution in [3.05, 3.63) is 42.0 Å². The molecule has 0 heterocycles. The number of amides is 1. The highest BCUT2D eigenvalue weighted by molar-refractivity contribution is 5.91. The van der Waals surface area contributed by atoms with E-state index < -0.39 is 0 Å². The van der Waals surface area contributed by atoms with Gasteiger partial charge in [-0.1, -0.05) is 62.9 Å². The Bertz CT molecular complexity index is 357. The first-order chi connectivity index (χ1) is 8.83. The number of carbonyl (C=O) groups is 1. The molecule has 0 aromatic heterocycles. The number of rotatable bonds is 8. The molecule has 0 radical (unpaired) electrons. The standard InChI is InChI=1S/C16H23NO/c1-2-3-4-5-9-14-17-16(18)13-12-15-10-7-6-8-11-15/h6-8,10-13H,2-5,9,14H2,1H3,(H,17,18)/b13-12-. The Hall–Kier alpha value is -1.57. The smallest absolute Gasteiger partial charge is 0.243 e. The van der Waals surface area contributed by atoms with E-state index in [0.717, 1.165) is 18.5 Å². The molecule has 1 aromatic carbocycles. The summed E-state index contributed by atoms with van der Waals surface area (Å²) in [6, 6.07) is 9.85. The van der Waals surface area contributed by atoms with Crippen LogP contribution in [0.25, 0.3) is 6.08 Å². The van der Waals surface area contributed by atoms with Gasteiger partial charge in [-0.3, -0.25) is 4.79 Å². The second kappa shape index (κ2) is 9.46. The van der Waals surface area contributed by atoms with E-state index in [1.54, 1.807) is 6.08 Å². The molecule has 18 heavy (non-hydrogen) atoms. The van der Waals surface area contributed by atoms with Crippen LogP contribution in [0.3, 0.4) is 0 Å². The first-order valence-corrected chi connectivity index (χ1v) is 6.84. The molecule has 1 N–H and O–H groups in total. The van der Waals surface area contributed by atoms with Gasteiger partial charge >= 0.3 is 0 Å². The van der Waals surface area contributed by atoms with Gasteiger partial charge < -0.3 is 5.32 Å². The van der Waals surface area contributed by atoms with Crippen molar-refractivity contribution >= 4 is 12.0 Å². The summed E-state index contributed by atoms with van der Waals surface area (Å²) in [5.41, 5.74) is 1.05. The Morgan fingerprint density at radius 3 is 2.56 bits per heavy atom. The highest BCUT2D eigenvalue weighted by Gasteiger charge is 1.94. The summed E-state index contributed by atoms with van der Waals surface area (Å²) in [4.78, 5) is 11.5. The fraction of sp³-hybridized carbons (Fsp3) is 0.438. The van der Waals surface area contributed by atoms with Crippen molar-refractivity contribution in [2.75, 3.05) is 6.54 Å². The van der Waals surface area contributed by atoms with Gasteiger partial charge in [-0.05, 0) is 18.1 Å². The molecule has 0 unspecified atom stereocenters. The number of unbranched alkanes of at least 4 members (excludes halogenated alkanes) is 4. The summed E-state index contributed by atoms with van der Waals surface area (Å²) in [5.74, 6) is -0.00524. The van der Waals surface area contributed by atoms with Gasteiger partial charge in [0.05, 0.1) is 0 Å². The van der Waals surface area contributed by atoms with E-state index in [1.165, 1.54) is 25.7 Å². The average molecular weight is 245 g/mol. The molecule has 2 heteroatoms. The van der Waals surface area contributed by atoms with Gasteiger partial charge in [-0.15, -0.1) is 0 Å². The minimum Gasteiger partial charge on any atom is -0.353 e. The molecule has 0 aliphatic carbocycles. The lowest BCUT2D eigenvalue weighted by atomic mass is 10.1. The zero-order chi connectivity index (χ0) is 13.1. The van der Waals surface area contributed by atoms with E-state index in [4.69, 9.17) is 0 Å². The summed E-state index contributed by atoms with van der Waals surface area (Å²) in [6.45, 7) is 2.98. The fourth-order valence-corrected chi connectivity index (χ4v) is 1.74. The second-order valence-electron chi connectivity index (χ2n) is 4.45. The minimum atomic E-state index is -0.00524. The van der Waals surface area contributed by atoms with E-state index in [0.29, 0.717) is 0 Å². The number of hydrogen-bond acceptors (Lipinski definition) is 1. The normalized spacial score (nSPS) is 10.7. The van der Waals surface area contributed by atoms with Crippen LogP contribution in [-0.4, -0.2) is 12.5 Å². The molecule has 0 bridgehead atoms. The van der Waals surface area contributed by atoms with Crippen LogP contribution in [0.15, 0.2) is 36.4 Å². The molecule has 1 aromatic rings. The Morgan fingerprint density at radius 1 is 1.11 bits per heavy atom. The molecule has 0 aliphatic heterocycles. The first kappa shape index (κ1) is 14.5. The van der Waals surface area contributed by atoms with Gasteiger partial charge in [0.15, 0.2) is 0 Å². The molecule has 0 atom stereocenters. The van der Waals surface area contributed by atoms with Crippen molar-refractivity contribution in [1.29, 1.82) is 0 Å². The van der Waals surface area contributed by atoms with E-state index in [2.05, 4.69) is 12.2 Å². The third kappa shape index (κ3) is 6.89. The minimum absolute atomic E-state index is 0.00524. The maximum atomic E-state index is 11.5. The van der Waals surface area contributed by atoms with Gasteiger partial charge in [-0.2, -0.15) is 0 Å². The SMILES string of the molecule is CCCCCCCNC(=O)/C=C\c1ccccc1. The molecular weight excluding hydrogens is 222 g/mol. The van der Waals surface area contributed by atoms with Crippen molar-refractivity contribution in [3.63, 3.8) is 0 Å². The van der Waals surface area contributed by atoms with Crippen LogP contribution in [0.5, 0.6) is 0 Å². The van der Waals surface area contributed by atoms with Gasteiger partial charge in [-0.25, -0.2) is 0 Å². The van der Waals surface area contributed by atoms with Gasteiger partial charge in [0.1, 0.15) is 0 Å². The molecule has 2 nitrogen and oxygen atoms in total. The monoisotopic (exact) mass is 245 g/mol. The number of benzene rings is 1. The van der Waals surface area contributed by atoms with E-state index in [9.17, 15) is 4.79 Å². The third-order valence-corrected chi connectivity index (χ3v) is 2.81. The Labute approximate surface area is 110 Å². The van der Waals surface area contributed by atoms with Gasteiger partial charge in [0.2, 0.25) is 5.91 Å². The lowest BCUT2D eigenvalue weighted by Gasteiger charge is -2.01. The van der Waals surface area contributed by atoms with Crippen LogP contribution in [0.2, 0.25) is 0 Å². The average Bonchev–Trinajstić information content (AvgIpc) is 2.41. The van der Waals surface area contributed by atoms with Crippen molar-refractivity contribution < 1.29 is 4.79 Å². The quantitative estimate of drug-likeness (QED) is 0.548.